The molecule has 6 nitrogen and oxygen atoms in total. The molecule has 154 valence electrons. The Morgan fingerprint density at radius 1 is 1.21 bits per heavy atom. The zero-order valence-corrected chi connectivity index (χ0v) is 15.6. The summed E-state index contributed by atoms with van der Waals surface area (Å²) in [7, 11) is 0. The monoisotopic (exact) mass is 405 g/mol. The molecular weight excluding hydrogens is 352 g/mol. The molecular formula is C22H34N4O2. The van der Waals surface area contributed by atoms with Crippen LogP contribution in [0.1, 0.15) is 104 Å². The molecule has 2 fully saturated rings. The number of hydrogen-bond acceptors (Lipinski definition) is 3. The van der Waals surface area contributed by atoms with Crippen molar-refractivity contribution in [2.24, 2.45) is 17.7 Å². The van der Waals surface area contributed by atoms with Crippen LogP contribution in [0.4, 0.5) is 0 Å². The third-order valence-electron chi connectivity index (χ3n) is 4.32. The van der Waals surface area contributed by atoms with Crippen molar-refractivity contribution < 1.29 is 26.0 Å². The minimum absolute atomic E-state index is 0.0664. The molecule has 6 heteroatoms. The van der Waals surface area contributed by atoms with Gasteiger partial charge in [-0.1, -0.05) is 27.6 Å². The van der Waals surface area contributed by atoms with Crippen molar-refractivity contribution in [3.63, 3.8) is 0 Å². The molecule has 0 aliphatic heterocycles. The standard InChI is InChI=1S/C22H34N4O2/c1-5-7-25-18-17(19(27)26(8-6-2)21(25)28)23-20(24-18)22(4)12-15-9-14(3)10-16(11-15)13-22/h14-16H,5-13H2,1-4H3,(H,23,24)/i3D2,7D2,8D2,9D2,10D2,11D2,12D2,13D2,14D,15D,16D. The molecule has 2 atom stereocenters. The topological polar surface area (TPSA) is 72.7 Å². The Hall–Kier alpha value is -1.85. The minimum Gasteiger partial charge on any atom is -0.336 e. The van der Waals surface area contributed by atoms with Gasteiger partial charge >= 0.3 is 5.69 Å². The Bertz CT molecular complexity index is 1700. The summed E-state index contributed by atoms with van der Waals surface area (Å²) < 4.78 is 166. The number of hydrogen-bond donors (Lipinski definition) is 1. The largest absolute Gasteiger partial charge is 0.336 e. The predicted molar refractivity (Wildman–Crippen MR) is 112 cm³/mol. The van der Waals surface area contributed by atoms with Crippen LogP contribution in [0.3, 0.4) is 0 Å². The first-order valence-corrected chi connectivity index (χ1v) is 8.86. The second-order valence-corrected chi connectivity index (χ2v) is 6.48. The lowest BCUT2D eigenvalue weighted by Crippen LogP contribution is -2.40. The van der Waals surface area contributed by atoms with Crippen molar-refractivity contribution in [3.8, 4) is 0 Å². The highest BCUT2D eigenvalue weighted by atomic mass is 16.2. The molecule has 4 rings (SSSR count). The van der Waals surface area contributed by atoms with E-state index in [0.29, 0.717) is 6.92 Å². The van der Waals surface area contributed by atoms with Gasteiger partial charge in [-0.05, 0) is 62.4 Å². The normalized spacial score (nSPS) is 58.1. The van der Waals surface area contributed by atoms with E-state index < -0.39 is 116 Å². The van der Waals surface area contributed by atoms with Crippen molar-refractivity contribution >= 4 is 11.2 Å². The highest BCUT2D eigenvalue weighted by Crippen LogP contribution is 2.50. The van der Waals surface area contributed by atoms with E-state index >= 15 is 0 Å². The Labute approximate surface area is 193 Å². The summed E-state index contributed by atoms with van der Waals surface area (Å²) >= 11 is 0. The van der Waals surface area contributed by atoms with E-state index in [-0.39, 0.29) is 9.13 Å². The first-order valence-electron chi connectivity index (χ1n) is 18.5. The van der Waals surface area contributed by atoms with E-state index in [1.54, 1.807) is 0 Å². The summed E-state index contributed by atoms with van der Waals surface area (Å²) in [6.07, 6.45) is -21.5. The molecule has 1 N–H and O–H groups in total. The summed E-state index contributed by atoms with van der Waals surface area (Å²) in [6, 6.07) is 0. The average Bonchev–Trinajstić information content (AvgIpc) is 3.38. The van der Waals surface area contributed by atoms with Gasteiger partial charge in [-0.15, -0.1) is 0 Å². The number of fused-ring (bicyclic) bond motifs is 3. The number of rotatable bonds is 5. The van der Waals surface area contributed by atoms with E-state index in [4.69, 9.17) is 23.3 Å². The average molecular weight is 406 g/mol. The van der Waals surface area contributed by atoms with Gasteiger partial charge < -0.3 is 4.98 Å². The molecule has 2 aromatic heterocycles. The maximum atomic E-state index is 13.6. The SMILES string of the molecule is [2H]C([2H])C1([2H])C([2H])([2H])C2([2H])C([2H])([2H])C(C)(c3nc4c([nH]3)c(=O)n(C([2H])([2H])CC)c(=O)n4C([2H])([2H])CC)C([2H])([2H])C([2H])(C1([2H])[2H])C2([2H])[2H]. The van der Waals surface area contributed by atoms with Crippen molar-refractivity contribution in [1.29, 1.82) is 0 Å². The van der Waals surface area contributed by atoms with Crippen LogP contribution < -0.4 is 11.2 Å². The second-order valence-electron chi connectivity index (χ2n) is 6.48. The Kier molecular flexibility index (Phi) is 1.83. The van der Waals surface area contributed by atoms with Crippen molar-refractivity contribution in [3.05, 3.63) is 26.7 Å². The molecule has 2 unspecified atom stereocenters. The van der Waals surface area contributed by atoms with Crippen LogP contribution >= 0.6 is 0 Å². The number of aromatic nitrogens is 4. The third-order valence-corrected chi connectivity index (χ3v) is 4.32. The Morgan fingerprint density at radius 3 is 2.46 bits per heavy atom. The molecule has 2 aliphatic carbocycles. The van der Waals surface area contributed by atoms with Crippen LogP contribution in [-0.2, 0) is 18.4 Å². The number of aromatic amines is 1. The number of aryl methyl sites for hydroxylation is 1. The van der Waals surface area contributed by atoms with Gasteiger partial charge in [0, 0.05) is 41.7 Å². The maximum absolute atomic E-state index is 13.6. The first kappa shape index (κ1) is 7.13. The summed E-state index contributed by atoms with van der Waals surface area (Å²) in [5.41, 5.74) is -8.15. The molecule has 28 heavy (non-hydrogen) atoms. The van der Waals surface area contributed by atoms with E-state index in [1.165, 1.54) is 13.8 Å². The zero-order valence-electron chi connectivity index (χ0n) is 34.6. The molecule has 2 saturated carbocycles. The lowest BCUT2D eigenvalue weighted by molar-refractivity contribution is 0.0863. The van der Waals surface area contributed by atoms with Crippen LogP contribution in [0.25, 0.3) is 11.2 Å². The molecule has 2 heterocycles. The highest BCUT2D eigenvalue weighted by molar-refractivity contribution is 5.70. The fourth-order valence-corrected chi connectivity index (χ4v) is 3.16. The lowest BCUT2D eigenvalue weighted by Gasteiger charge is -2.46. The molecule has 2 aliphatic rings. The van der Waals surface area contributed by atoms with Crippen LogP contribution in [-0.4, -0.2) is 19.1 Å². The molecule has 2 aromatic rings. The fraction of sp³-hybridized carbons (Fsp3) is 0.773. The molecule has 0 amide bonds. The highest BCUT2D eigenvalue weighted by Gasteiger charge is 2.43. The molecule has 0 radical (unpaired) electrons. The zero-order chi connectivity index (χ0) is 36.9. The smallest absolute Gasteiger partial charge is 0.332 e. The van der Waals surface area contributed by atoms with Gasteiger partial charge in [-0.25, -0.2) is 9.78 Å². The predicted octanol–water partition coefficient (Wildman–Crippen LogP) is 3.81. The summed E-state index contributed by atoms with van der Waals surface area (Å²) in [5, 5.41) is 0. The van der Waals surface area contributed by atoms with E-state index in [1.807, 2.05) is 0 Å². The van der Waals surface area contributed by atoms with Crippen LogP contribution in [0.2, 0.25) is 0 Å². The molecule has 0 aromatic carbocycles. The Balaban J connectivity index is 2.31. The van der Waals surface area contributed by atoms with Crippen molar-refractivity contribution in [2.45, 2.75) is 90.8 Å². The second kappa shape index (κ2) is 7.20. The van der Waals surface area contributed by atoms with Gasteiger partial charge in [0.15, 0.2) is 5.65 Å². The van der Waals surface area contributed by atoms with Crippen LogP contribution in [0.15, 0.2) is 9.59 Å². The van der Waals surface area contributed by atoms with Gasteiger partial charge in [-0.2, -0.15) is 0 Å². The van der Waals surface area contributed by atoms with Gasteiger partial charge in [-0.3, -0.25) is 13.9 Å². The number of H-pyrrole nitrogens is 1. The number of nitrogens with one attached hydrogen (secondary N) is 1. The first-order chi connectivity index (χ1) is 20.7. The third kappa shape index (κ3) is 3.15. The van der Waals surface area contributed by atoms with Crippen LogP contribution in [0.5, 0.6) is 0 Å². The minimum atomic E-state index is -4.17. The van der Waals surface area contributed by atoms with E-state index in [0.717, 1.165) is 0 Å². The Morgan fingerprint density at radius 2 is 1.86 bits per heavy atom. The van der Waals surface area contributed by atoms with Crippen LogP contribution in [0, 0.1) is 17.7 Å². The fourth-order valence-electron chi connectivity index (χ4n) is 3.16. The van der Waals surface area contributed by atoms with E-state index in [9.17, 15) is 12.3 Å². The summed E-state index contributed by atoms with van der Waals surface area (Å²) in [6.45, 7) is -5.22. The van der Waals surface area contributed by atoms with E-state index in [2.05, 4.69) is 9.97 Å². The summed E-state index contributed by atoms with van der Waals surface area (Å²) in [5.74, 6) is -13.4. The molecule has 0 saturated heterocycles. The quantitative estimate of drug-likeness (QED) is 0.822. The lowest BCUT2D eigenvalue weighted by atomic mass is 9.59. The molecule has 0 spiro atoms. The van der Waals surface area contributed by atoms with Gasteiger partial charge in [0.25, 0.3) is 5.56 Å². The van der Waals surface area contributed by atoms with Gasteiger partial charge in [0.2, 0.25) is 0 Å². The van der Waals surface area contributed by atoms with Gasteiger partial charge in [0.1, 0.15) is 11.3 Å². The number of imidazole rings is 1. The van der Waals surface area contributed by atoms with Crippen molar-refractivity contribution in [1.82, 2.24) is 19.1 Å². The van der Waals surface area contributed by atoms with Crippen molar-refractivity contribution in [2.75, 3.05) is 0 Å². The number of nitrogens with zero attached hydrogens (tertiary/aromatic N) is 3. The maximum Gasteiger partial charge on any atom is 0.332 e. The van der Waals surface area contributed by atoms with Gasteiger partial charge in [0.05, 0.1) is 2.74 Å². The molecule has 2 bridgehead atoms. The summed E-state index contributed by atoms with van der Waals surface area (Å²) in [4.78, 5) is 33.5.